The Bertz CT molecular complexity index is 1100. The van der Waals surface area contributed by atoms with Crippen molar-refractivity contribution >= 4 is 17.4 Å². The molecule has 36 heavy (non-hydrogen) atoms. The Morgan fingerprint density at radius 2 is 1.83 bits per heavy atom. The van der Waals surface area contributed by atoms with E-state index in [1.54, 1.807) is 0 Å². The first kappa shape index (κ1) is 25.9. The third-order valence-corrected chi connectivity index (χ3v) is 6.61. The number of morpholine rings is 1. The Morgan fingerprint density at radius 1 is 1.08 bits per heavy atom. The number of ether oxygens (including phenoxy) is 2. The van der Waals surface area contributed by atoms with Crippen molar-refractivity contribution in [3.63, 3.8) is 0 Å². The summed E-state index contributed by atoms with van der Waals surface area (Å²) < 4.78 is 24.8. The second kappa shape index (κ2) is 12.1. The van der Waals surface area contributed by atoms with Gasteiger partial charge >= 0.3 is 0 Å². The van der Waals surface area contributed by atoms with Crippen molar-refractivity contribution in [2.45, 2.75) is 32.2 Å². The number of likely N-dealkylation sites (tertiary alicyclic amines) is 1. The fourth-order valence-electron chi connectivity index (χ4n) is 4.61. The lowest BCUT2D eigenvalue weighted by Gasteiger charge is -2.31. The van der Waals surface area contributed by atoms with E-state index >= 15 is 0 Å². The number of benzene rings is 2. The highest BCUT2D eigenvalue weighted by Gasteiger charge is 2.46. The van der Waals surface area contributed by atoms with Crippen LogP contribution in [0.1, 0.15) is 43.4 Å². The number of amides is 1. The number of aliphatic hydroxyl groups is 1. The van der Waals surface area contributed by atoms with Crippen LogP contribution in [0.15, 0.2) is 54.1 Å². The fourth-order valence-corrected chi connectivity index (χ4v) is 4.61. The van der Waals surface area contributed by atoms with Crippen molar-refractivity contribution in [1.82, 2.24) is 9.80 Å². The van der Waals surface area contributed by atoms with Crippen molar-refractivity contribution < 1.29 is 28.6 Å². The van der Waals surface area contributed by atoms with Gasteiger partial charge < -0.3 is 19.5 Å². The first-order valence-electron chi connectivity index (χ1n) is 12.6. The molecular weight excluding hydrogens is 463 g/mol. The summed E-state index contributed by atoms with van der Waals surface area (Å²) in [6.07, 6.45) is 3.09. The first-order chi connectivity index (χ1) is 17.5. The summed E-state index contributed by atoms with van der Waals surface area (Å²) in [6.45, 7) is 6.37. The Morgan fingerprint density at radius 3 is 2.56 bits per heavy atom. The molecule has 0 radical (unpaired) electrons. The van der Waals surface area contributed by atoms with Crippen molar-refractivity contribution in [2.24, 2.45) is 0 Å². The Labute approximate surface area is 211 Å². The van der Waals surface area contributed by atoms with Crippen molar-refractivity contribution in [3.8, 4) is 5.75 Å². The summed E-state index contributed by atoms with van der Waals surface area (Å²) in [5.74, 6) is -1.54. The number of ketones is 1. The van der Waals surface area contributed by atoms with Crippen LogP contribution in [0.2, 0.25) is 0 Å². The average Bonchev–Trinajstić information content (AvgIpc) is 3.16. The molecule has 1 atom stereocenters. The van der Waals surface area contributed by atoms with E-state index in [-0.39, 0.29) is 16.9 Å². The zero-order valence-electron chi connectivity index (χ0n) is 20.6. The molecule has 2 heterocycles. The zero-order valence-corrected chi connectivity index (χ0v) is 20.6. The van der Waals surface area contributed by atoms with Gasteiger partial charge in [-0.05, 0) is 48.4 Å². The van der Waals surface area contributed by atoms with E-state index < -0.39 is 23.5 Å². The molecule has 2 aliphatic rings. The predicted molar refractivity (Wildman–Crippen MR) is 134 cm³/mol. The van der Waals surface area contributed by atoms with E-state index in [9.17, 15) is 19.1 Å². The number of halogens is 1. The molecule has 2 fully saturated rings. The maximum atomic E-state index is 13.5. The minimum atomic E-state index is -0.782. The van der Waals surface area contributed by atoms with Crippen LogP contribution < -0.4 is 4.74 Å². The number of carbonyl (C=O) groups excluding carboxylic acids is 2. The van der Waals surface area contributed by atoms with Crippen LogP contribution in [0.4, 0.5) is 4.39 Å². The molecule has 7 nitrogen and oxygen atoms in total. The van der Waals surface area contributed by atoms with Crippen LogP contribution in [0.3, 0.4) is 0 Å². The van der Waals surface area contributed by atoms with Crippen LogP contribution in [-0.2, 0) is 14.3 Å². The largest absolute Gasteiger partial charge is 0.507 e. The van der Waals surface area contributed by atoms with Crippen LogP contribution >= 0.6 is 0 Å². The molecule has 0 spiro atoms. The summed E-state index contributed by atoms with van der Waals surface area (Å²) in [6, 6.07) is 11.8. The van der Waals surface area contributed by atoms with Gasteiger partial charge in [-0.15, -0.1) is 0 Å². The number of rotatable bonds is 10. The minimum absolute atomic E-state index is 0.00304. The molecule has 0 bridgehead atoms. The van der Waals surface area contributed by atoms with Gasteiger partial charge in [0.25, 0.3) is 11.7 Å². The van der Waals surface area contributed by atoms with E-state index in [0.29, 0.717) is 44.2 Å². The monoisotopic (exact) mass is 496 g/mol. The SMILES string of the molecule is CCCCCOc1cccc(C2C(=C(O)c3ccc(F)cc3)C(=O)C(=O)N2CCN2CCOCC2)c1. The molecule has 4 rings (SSSR count). The van der Waals surface area contributed by atoms with Crippen LogP contribution in [-0.4, -0.2) is 72.6 Å². The highest BCUT2D eigenvalue weighted by Crippen LogP contribution is 2.40. The molecule has 0 saturated carbocycles. The van der Waals surface area contributed by atoms with Crippen LogP contribution in [0.25, 0.3) is 5.76 Å². The van der Waals surface area contributed by atoms with E-state index in [4.69, 9.17) is 9.47 Å². The molecule has 192 valence electrons. The topological polar surface area (TPSA) is 79.3 Å². The quantitative estimate of drug-likeness (QED) is 0.230. The van der Waals surface area contributed by atoms with Gasteiger partial charge in [-0.25, -0.2) is 4.39 Å². The number of aliphatic hydroxyl groups excluding tert-OH is 1. The first-order valence-corrected chi connectivity index (χ1v) is 12.6. The second-order valence-electron chi connectivity index (χ2n) is 9.08. The highest BCUT2D eigenvalue weighted by molar-refractivity contribution is 6.46. The molecule has 2 saturated heterocycles. The Balaban J connectivity index is 1.68. The molecule has 2 aromatic carbocycles. The van der Waals surface area contributed by atoms with Crippen molar-refractivity contribution in [3.05, 3.63) is 71.0 Å². The standard InChI is InChI=1S/C28H33FN2O5/c1-2-3-4-16-36-23-7-5-6-21(19-23)25-24(26(32)20-8-10-22(29)11-9-20)27(33)28(34)31(25)13-12-30-14-17-35-18-15-30/h5-11,19,25,32H,2-4,12-18H2,1H3. The smallest absolute Gasteiger partial charge is 0.295 e. The zero-order chi connectivity index (χ0) is 25.5. The van der Waals surface area contributed by atoms with Gasteiger partial charge in [0.1, 0.15) is 17.3 Å². The van der Waals surface area contributed by atoms with Gasteiger partial charge in [-0.1, -0.05) is 31.9 Å². The Kier molecular flexibility index (Phi) is 8.72. The van der Waals surface area contributed by atoms with Gasteiger partial charge in [-0.3, -0.25) is 14.5 Å². The number of nitrogens with zero attached hydrogens (tertiary/aromatic N) is 2. The molecule has 1 N–H and O–H groups in total. The van der Waals surface area contributed by atoms with Crippen LogP contribution in [0, 0.1) is 5.82 Å². The van der Waals surface area contributed by atoms with Gasteiger partial charge in [0.15, 0.2) is 0 Å². The molecular formula is C28H33FN2O5. The summed E-state index contributed by atoms with van der Waals surface area (Å²) in [4.78, 5) is 30.1. The minimum Gasteiger partial charge on any atom is -0.507 e. The molecule has 2 aromatic rings. The number of carbonyl (C=O) groups is 2. The molecule has 1 unspecified atom stereocenters. The third-order valence-electron chi connectivity index (χ3n) is 6.61. The lowest BCUT2D eigenvalue weighted by molar-refractivity contribution is -0.140. The van der Waals surface area contributed by atoms with E-state index in [1.165, 1.54) is 29.2 Å². The lowest BCUT2D eigenvalue weighted by atomic mass is 9.95. The number of Topliss-reactive ketones (excluding diaryl/α,β-unsaturated/α-hetero) is 1. The van der Waals surface area contributed by atoms with Gasteiger partial charge in [0, 0.05) is 31.7 Å². The maximum Gasteiger partial charge on any atom is 0.295 e. The van der Waals surface area contributed by atoms with E-state index in [2.05, 4.69) is 11.8 Å². The number of hydrogen-bond donors (Lipinski definition) is 1. The summed E-state index contributed by atoms with van der Waals surface area (Å²) in [5, 5.41) is 11.1. The number of unbranched alkanes of at least 4 members (excludes halogenated alkanes) is 2. The summed E-state index contributed by atoms with van der Waals surface area (Å²) in [5.41, 5.74) is 0.948. The highest BCUT2D eigenvalue weighted by atomic mass is 19.1. The normalized spacial score (nSPS) is 20.2. The molecule has 8 heteroatoms. The van der Waals surface area contributed by atoms with Crippen molar-refractivity contribution in [2.75, 3.05) is 46.0 Å². The molecule has 0 aliphatic carbocycles. The third kappa shape index (κ3) is 5.94. The molecule has 2 aliphatic heterocycles. The second-order valence-corrected chi connectivity index (χ2v) is 9.08. The van der Waals surface area contributed by atoms with E-state index in [0.717, 1.165) is 32.4 Å². The summed E-state index contributed by atoms with van der Waals surface area (Å²) >= 11 is 0. The average molecular weight is 497 g/mol. The van der Waals surface area contributed by atoms with Crippen LogP contribution in [0.5, 0.6) is 5.75 Å². The fraction of sp³-hybridized carbons (Fsp3) is 0.429. The summed E-state index contributed by atoms with van der Waals surface area (Å²) in [7, 11) is 0. The molecule has 0 aromatic heterocycles. The molecule has 1 amide bonds. The van der Waals surface area contributed by atoms with Gasteiger partial charge in [0.05, 0.1) is 31.4 Å². The maximum absolute atomic E-state index is 13.5. The van der Waals surface area contributed by atoms with E-state index in [1.807, 2.05) is 24.3 Å². The predicted octanol–water partition coefficient (Wildman–Crippen LogP) is 4.15. The van der Waals surface area contributed by atoms with Crippen molar-refractivity contribution in [1.29, 1.82) is 0 Å². The lowest BCUT2D eigenvalue weighted by Crippen LogP contribution is -2.42. The Hall–Kier alpha value is -3.23. The van der Waals surface area contributed by atoms with Gasteiger partial charge in [0.2, 0.25) is 0 Å². The van der Waals surface area contributed by atoms with Gasteiger partial charge in [-0.2, -0.15) is 0 Å². The number of hydrogen-bond acceptors (Lipinski definition) is 6.